The zero-order chi connectivity index (χ0) is 15.5. The van der Waals surface area contributed by atoms with Gasteiger partial charge in [0.2, 0.25) is 0 Å². The van der Waals surface area contributed by atoms with E-state index in [1.807, 2.05) is 24.3 Å². The van der Waals surface area contributed by atoms with E-state index in [1.165, 1.54) is 7.11 Å². The molecule has 5 heteroatoms. The number of ether oxygens (including phenoxy) is 2. The van der Waals surface area contributed by atoms with Crippen molar-refractivity contribution >= 4 is 17.6 Å². The van der Waals surface area contributed by atoms with Crippen molar-refractivity contribution < 1.29 is 19.1 Å². The second-order valence-electron chi connectivity index (χ2n) is 4.98. The summed E-state index contributed by atoms with van der Waals surface area (Å²) in [5.41, 5.74) is 1.94. The number of rotatable bonds is 3. The number of amides is 1. The monoisotopic (exact) mass is 297 g/mol. The highest BCUT2D eigenvalue weighted by molar-refractivity contribution is 5.97. The van der Waals surface area contributed by atoms with Gasteiger partial charge in [-0.15, -0.1) is 0 Å². The number of hydrogen-bond donors (Lipinski definition) is 1. The van der Waals surface area contributed by atoms with Gasteiger partial charge in [-0.1, -0.05) is 24.3 Å². The van der Waals surface area contributed by atoms with E-state index in [0.717, 1.165) is 11.3 Å². The number of methoxy groups -OCH3 is 1. The number of anilines is 1. The minimum absolute atomic E-state index is 0.238. The first-order chi connectivity index (χ1) is 10.7. The first-order valence-corrected chi connectivity index (χ1v) is 6.91. The molecule has 0 saturated heterocycles. The minimum atomic E-state index is -0.556. The van der Waals surface area contributed by atoms with Crippen LogP contribution in [0.5, 0.6) is 5.75 Å². The average molecular weight is 297 g/mol. The quantitative estimate of drug-likeness (QED) is 0.884. The summed E-state index contributed by atoms with van der Waals surface area (Å²) in [6, 6.07) is 14.2. The second-order valence-corrected chi connectivity index (χ2v) is 4.98. The van der Waals surface area contributed by atoms with Gasteiger partial charge in [0.25, 0.3) is 5.91 Å². The van der Waals surface area contributed by atoms with Crippen molar-refractivity contribution in [1.29, 1.82) is 0 Å². The van der Waals surface area contributed by atoms with Crippen LogP contribution in [0.2, 0.25) is 0 Å². The predicted octanol–water partition coefficient (Wildman–Crippen LogP) is 2.42. The van der Waals surface area contributed by atoms with Crippen LogP contribution in [0.3, 0.4) is 0 Å². The Balaban J connectivity index is 1.69. The lowest BCUT2D eigenvalue weighted by Crippen LogP contribution is -2.31. The Kier molecular flexibility index (Phi) is 3.78. The molecule has 1 aliphatic rings. The highest BCUT2D eigenvalue weighted by atomic mass is 16.5. The average Bonchev–Trinajstić information content (AvgIpc) is 2.98. The summed E-state index contributed by atoms with van der Waals surface area (Å²) in [7, 11) is 1.32. The second kappa shape index (κ2) is 5.89. The molecule has 112 valence electrons. The van der Waals surface area contributed by atoms with Crippen LogP contribution in [0, 0.1) is 0 Å². The van der Waals surface area contributed by atoms with Crippen molar-refractivity contribution in [2.45, 2.75) is 12.5 Å². The van der Waals surface area contributed by atoms with Gasteiger partial charge >= 0.3 is 5.97 Å². The van der Waals surface area contributed by atoms with E-state index in [4.69, 9.17) is 4.74 Å². The Labute approximate surface area is 127 Å². The fourth-order valence-electron chi connectivity index (χ4n) is 2.39. The number of carbonyl (C=O) groups is 2. The lowest BCUT2D eigenvalue weighted by molar-refractivity contribution is -0.122. The van der Waals surface area contributed by atoms with Crippen molar-refractivity contribution in [1.82, 2.24) is 0 Å². The molecule has 3 rings (SSSR count). The number of carbonyl (C=O) groups excluding carboxylic acids is 2. The molecule has 0 aliphatic carbocycles. The molecule has 0 spiro atoms. The van der Waals surface area contributed by atoms with Crippen LogP contribution in [0.1, 0.15) is 15.9 Å². The minimum Gasteiger partial charge on any atom is -0.480 e. The van der Waals surface area contributed by atoms with Crippen molar-refractivity contribution in [3.63, 3.8) is 0 Å². The molecular formula is C17H15NO4. The van der Waals surface area contributed by atoms with E-state index in [1.54, 1.807) is 24.3 Å². The Morgan fingerprint density at radius 1 is 1.18 bits per heavy atom. The van der Waals surface area contributed by atoms with E-state index in [0.29, 0.717) is 17.7 Å². The van der Waals surface area contributed by atoms with E-state index >= 15 is 0 Å². The number of hydrogen-bond acceptors (Lipinski definition) is 4. The maximum absolute atomic E-state index is 12.3. The van der Waals surface area contributed by atoms with Crippen LogP contribution in [0.15, 0.2) is 48.5 Å². The summed E-state index contributed by atoms with van der Waals surface area (Å²) < 4.78 is 10.3. The molecule has 1 N–H and O–H groups in total. The molecule has 0 radical (unpaired) electrons. The maximum atomic E-state index is 12.3. The molecule has 1 amide bonds. The lowest BCUT2D eigenvalue weighted by atomic mass is 10.1. The van der Waals surface area contributed by atoms with Gasteiger partial charge in [0.1, 0.15) is 5.75 Å². The number of benzene rings is 2. The van der Waals surface area contributed by atoms with Crippen LogP contribution < -0.4 is 10.1 Å². The van der Waals surface area contributed by atoms with Gasteiger partial charge < -0.3 is 14.8 Å². The van der Waals surface area contributed by atoms with Crippen LogP contribution in [-0.2, 0) is 16.0 Å². The van der Waals surface area contributed by atoms with Gasteiger partial charge in [0.15, 0.2) is 6.10 Å². The van der Waals surface area contributed by atoms with E-state index in [9.17, 15) is 9.59 Å². The van der Waals surface area contributed by atoms with Gasteiger partial charge in [-0.05, 0) is 29.8 Å². The molecule has 0 fully saturated rings. The maximum Gasteiger partial charge on any atom is 0.337 e. The molecule has 1 atom stereocenters. The molecule has 1 heterocycles. The summed E-state index contributed by atoms with van der Waals surface area (Å²) in [5, 5.41) is 2.77. The molecule has 0 bridgehead atoms. The number of nitrogens with one attached hydrogen (secondary N) is 1. The van der Waals surface area contributed by atoms with Crippen LogP contribution in [-0.4, -0.2) is 25.1 Å². The van der Waals surface area contributed by atoms with Gasteiger partial charge in [-0.2, -0.15) is 0 Å². The predicted molar refractivity (Wildman–Crippen MR) is 81.0 cm³/mol. The van der Waals surface area contributed by atoms with Crippen LogP contribution in [0.25, 0.3) is 0 Å². The molecule has 5 nitrogen and oxygen atoms in total. The topological polar surface area (TPSA) is 64.6 Å². The fraction of sp³-hybridized carbons (Fsp3) is 0.176. The summed E-state index contributed by atoms with van der Waals surface area (Å²) in [6.07, 6.45) is -0.0159. The third-order valence-corrected chi connectivity index (χ3v) is 3.49. The van der Waals surface area contributed by atoms with Crippen molar-refractivity contribution in [3.05, 3.63) is 59.7 Å². The zero-order valence-electron chi connectivity index (χ0n) is 12.0. The molecule has 1 aliphatic heterocycles. The molecule has 0 unspecified atom stereocenters. The van der Waals surface area contributed by atoms with E-state index < -0.39 is 12.1 Å². The van der Waals surface area contributed by atoms with E-state index in [-0.39, 0.29) is 5.91 Å². The highest BCUT2D eigenvalue weighted by Crippen LogP contribution is 2.28. The summed E-state index contributed by atoms with van der Waals surface area (Å²) in [5.74, 6) is 0.0600. The molecule has 0 saturated carbocycles. The molecule has 22 heavy (non-hydrogen) atoms. The smallest absolute Gasteiger partial charge is 0.337 e. The molecule has 2 aromatic rings. The SMILES string of the molecule is COC(=O)c1cccc(NC(=O)[C@H]2Cc3ccccc3O2)c1. The van der Waals surface area contributed by atoms with Crippen LogP contribution >= 0.6 is 0 Å². The third-order valence-electron chi connectivity index (χ3n) is 3.49. The Bertz CT molecular complexity index is 701. The first kappa shape index (κ1) is 14.1. The van der Waals surface area contributed by atoms with E-state index in [2.05, 4.69) is 10.1 Å². The normalized spacial score (nSPS) is 15.6. The highest BCUT2D eigenvalue weighted by Gasteiger charge is 2.28. The Hall–Kier alpha value is -2.82. The van der Waals surface area contributed by atoms with Gasteiger partial charge in [-0.25, -0.2) is 4.79 Å². The summed E-state index contributed by atoms with van der Waals surface area (Å²) in [6.45, 7) is 0. The molecule has 2 aromatic carbocycles. The first-order valence-electron chi connectivity index (χ1n) is 6.91. The standard InChI is InChI=1S/C17H15NO4/c1-21-17(20)12-6-4-7-13(9-12)18-16(19)15-10-11-5-2-3-8-14(11)22-15/h2-9,15H,10H2,1H3,(H,18,19)/t15-/m1/s1. The summed E-state index contributed by atoms with van der Waals surface area (Å²) in [4.78, 5) is 23.8. The number of esters is 1. The lowest BCUT2D eigenvalue weighted by Gasteiger charge is -2.12. The Morgan fingerprint density at radius 3 is 2.77 bits per heavy atom. The van der Waals surface area contributed by atoms with Crippen molar-refractivity contribution in [3.8, 4) is 5.75 Å². The van der Waals surface area contributed by atoms with Crippen molar-refractivity contribution in [2.75, 3.05) is 12.4 Å². The van der Waals surface area contributed by atoms with Gasteiger partial charge in [0, 0.05) is 12.1 Å². The van der Waals surface area contributed by atoms with Gasteiger partial charge in [0.05, 0.1) is 12.7 Å². The zero-order valence-corrected chi connectivity index (χ0v) is 12.0. The molecule has 0 aromatic heterocycles. The van der Waals surface area contributed by atoms with Gasteiger partial charge in [-0.3, -0.25) is 4.79 Å². The summed E-state index contributed by atoms with van der Waals surface area (Å²) >= 11 is 0. The number of para-hydroxylation sites is 1. The fourth-order valence-corrected chi connectivity index (χ4v) is 2.39. The van der Waals surface area contributed by atoms with Crippen LogP contribution in [0.4, 0.5) is 5.69 Å². The third kappa shape index (κ3) is 2.79. The number of fused-ring (bicyclic) bond motifs is 1. The van der Waals surface area contributed by atoms with Crippen molar-refractivity contribution in [2.24, 2.45) is 0 Å². The largest absolute Gasteiger partial charge is 0.480 e. The Morgan fingerprint density at radius 2 is 2.00 bits per heavy atom. The molecular weight excluding hydrogens is 282 g/mol.